The molecule has 0 aliphatic rings. The van der Waals surface area contributed by atoms with E-state index in [9.17, 15) is 0 Å². The number of fused-ring (bicyclic) bond motifs is 3. The summed E-state index contributed by atoms with van der Waals surface area (Å²) in [6.45, 7) is 1.67. The zero-order valence-corrected chi connectivity index (χ0v) is 14.4. The average molecular weight is 337 g/mol. The van der Waals surface area contributed by atoms with Crippen LogP contribution in [0.15, 0.2) is 97.0 Å². The summed E-state index contributed by atoms with van der Waals surface area (Å²) in [5.74, 6) is 0. The fourth-order valence-electron chi connectivity index (χ4n) is 3.57. The van der Waals surface area contributed by atoms with E-state index in [0.717, 1.165) is 33.1 Å². The van der Waals surface area contributed by atoms with Gasteiger partial charge in [-0.25, -0.2) is 0 Å². The predicted molar refractivity (Wildman–Crippen MR) is 111 cm³/mol. The molecule has 5 rings (SSSR count). The van der Waals surface area contributed by atoms with Crippen molar-refractivity contribution in [3.05, 3.63) is 103 Å². The minimum absolute atomic E-state index is 0.0458. The minimum atomic E-state index is -0.134. The first kappa shape index (κ1) is 11.3. The first-order valence-electron chi connectivity index (χ1n) is 10.6. The molecule has 0 spiro atoms. The summed E-state index contributed by atoms with van der Waals surface area (Å²) in [5.41, 5.74) is 4.77. The maximum Gasteiger partial charge on any atom is 0.0632 e. The molecule has 1 aromatic heterocycles. The number of benzene rings is 4. The Morgan fingerprint density at radius 2 is 1.50 bits per heavy atom. The first-order chi connectivity index (χ1) is 14.5. The second-order valence-electron chi connectivity index (χ2n) is 6.42. The Morgan fingerprint density at radius 3 is 2.38 bits per heavy atom. The van der Waals surface area contributed by atoms with Gasteiger partial charge in [0.25, 0.3) is 0 Å². The number of para-hydroxylation sites is 2. The average Bonchev–Trinajstić information content (AvgIpc) is 3.11. The maximum atomic E-state index is 8.49. The third-order valence-corrected chi connectivity index (χ3v) is 4.73. The number of nitrogens with zero attached hydrogens (tertiary/aromatic N) is 1. The molecule has 26 heavy (non-hydrogen) atoms. The van der Waals surface area contributed by atoms with Crippen LogP contribution in [0, 0.1) is 6.92 Å². The van der Waals surface area contributed by atoms with Gasteiger partial charge in [0.05, 0.1) is 16.5 Å². The van der Waals surface area contributed by atoms with Crippen LogP contribution in [0.3, 0.4) is 0 Å². The Kier molecular flexibility index (Phi) is 2.57. The highest BCUT2D eigenvalue weighted by Crippen LogP contribution is 2.34. The zero-order valence-electron chi connectivity index (χ0n) is 18.4. The largest absolute Gasteiger partial charge is 0.309 e. The summed E-state index contributed by atoms with van der Waals surface area (Å²) in [5, 5.41) is 2.13. The summed E-state index contributed by atoms with van der Waals surface area (Å²) in [7, 11) is 0. The Morgan fingerprint density at radius 1 is 0.731 bits per heavy atom. The van der Waals surface area contributed by atoms with Crippen molar-refractivity contribution in [1.29, 1.82) is 0 Å². The maximum absolute atomic E-state index is 8.49. The molecule has 5 aromatic rings. The van der Waals surface area contributed by atoms with Gasteiger partial charge < -0.3 is 4.57 Å². The van der Waals surface area contributed by atoms with Crippen LogP contribution in [0.25, 0.3) is 38.6 Å². The van der Waals surface area contributed by atoms with Gasteiger partial charge in [0.2, 0.25) is 0 Å². The van der Waals surface area contributed by atoms with Crippen LogP contribution in [0.2, 0.25) is 0 Å². The first-order valence-corrected chi connectivity index (χ1v) is 8.65. The van der Waals surface area contributed by atoms with E-state index in [-0.39, 0.29) is 24.2 Å². The molecule has 1 nitrogen and oxygen atoms in total. The molecule has 0 N–H and O–H groups in total. The van der Waals surface area contributed by atoms with E-state index in [1.165, 1.54) is 0 Å². The molecule has 1 heterocycles. The highest BCUT2D eigenvalue weighted by atomic mass is 15.0. The molecule has 0 aliphatic carbocycles. The highest BCUT2D eigenvalue weighted by Gasteiger charge is 2.12. The van der Waals surface area contributed by atoms with Gasteiger partial charge in [0, 0.05) is 16.5 Å². The summed E-state index contributed by atoms with van der Waals surface area (Å²) in [6, 6.07) is 24.2. The molecule has 0 saturated carbocycles. The van der Waals surface area contributed by atoms with E-state index in [0.29, 0.717) is 11.1 Å². The topological polar surface area (TPSA) is 4.93 Å². The minimum Gasteiger partial charge on any atom is -0.309 e. The third kappa shape index (κ3) is 2.33. The molecule has 0 radical (unpaired) electrons. The quantitative estimate of drug-likeness (QED) is 0.335. The lowest BCUT2D eigenvalue weighted by Crippen LogP contribution is -1.92. The molecule has 0 saturated heterocycles. The molecule has 124 valence electrons. The van der Waals surface area contributed by atoms with Crippen molar-refractivity contribution < 1.29 is 5.48 Å². The highest BCUT2D eigenvalue weighted by molar-refractivity contribution is 6.10. The number of hydrogen-bond donors (Lipinski definition) is 0. The van der Waals surface area contributed by atoms with Crippen LogP contribution < -0.4 is 0 Å². The van der Waals surface area contributed by atoms with Gasteiger partial charge >= 0.3 is 0 Å². The molecule has 0 atom stereocenters. The van der Waals surface area contributed by atoms with Gasteiger partial charge in [-0.2, -0.15) is 0 Å². The van der Waals surface area contributed by atoms with Gasteiger partial charge in [0.1, 0.15) is 0 Å². The van der Waals surface area contributed by atoms with Crippen molar-refractivity contribution in [1.82, 2.24) is 4.57 Å². The van der Waals surface area contributed by atoms with Crippen molar-refractivity contribution in [3.63, 3.8) is 0 Å². The van der Waals surface area contributed by atoms with Gasteiger partial charge in [-0.05, 0) is 48.4 Å². The van der Waals surface area contributed by atoms with Crippen molar-refractivity contribution in [2.45, 2.75) is 6.92 Å². The van der Waals surface area contributed by atoms with Crippen LogP contribution in [-0.2, 0) is 0 Å². The molecule has 0 amide bonds. The van der Waals surface area contributed by atoms with Gasteiger partial charge in [0.15, 0.2) is 0 Å². The molecule has 0 fully saturated rings. The van der Waals surface area contributed by atoms with Crippen LogP contribution in [0.4, 0.5) is 0 Å². The Hall–Kier alpha value is -3.32. The van der Waals surface area contributed by atoms with Gasteiger partial charge in [-0.1, -0.05) is 72.2 Å². The van der Waals surface area contributed by atoms with Crippen molar-refractivity contribution in [2.24, 2.45) is 0 Å². The predicted octanol–water partition coefficient (Wildman–Crippen LogP) is 6.76. The second-order valence-corrected chi connectivity index (χ2v) is 6.42. The number of aromatic nitrogens is 1. The van der Waals surface area contributed by atoms with Crippen LogP contribution in [0.1, 0.15) is 11.0 Å². The normalized spacial score (nSPS) is 13.4. The SMILES string of the molecule is [2H]c1c([2H])c(C)c([2H])c(-c2ccc3c(c2)c2ccccc2n3-c2ccccc2)c1[2H]. The third-order valence-electron chi connectivity index (χ3n) is 4.73. The van der Waals surface area contributed by atoms with E-state index in [2.05, 4.69) is 28.8 Å². The molecule has 1 heteroatoms. The lowest BCUT2D eigenvalue weighted by Gasteiger charge is -2.08. The molecule has 0 bridgehead atoms. The Labute approximate surface area is 158 Å². The molecular formula is C25H19N. The lowest BCUT2D eigenvalue weighted by atomic mass is 10.0. The van der Waals surface area contributed by atoms with Crippen LogP contribution >= 0.6 is 0 Å². The molecular weight excluding hydrogens is 314 g/mol. The van der Waals surface area contributed by atoms with Gasteiger partial charge in [-0.3, -0.25) is 0 Å². The fourth-order valence-corrected chi connectivity index (χ4v) is 3.57. The summed E-state index contributed by atoms with van der Waals surface area (Å²) in [4.78, 5) is 0. The van der Waals surface area contributed by atoms with Gasteiger partial charge in [-0.15, -0.1) is 0 Å². The van der Waals surface area contributed by atoms with Crippen LogP contribution in [0.5, 0.6) is 0 Å². The Bertz CT molecular complexity index is 1410. The molecule has 4 aromatic carbocycles. The zero-order chi connectivity index (χ0) is 21.0. The molecule has 0 unspecified atom stereocenters. The van der Waals surface area contributed by atoms with E-state index < -0.39 is 0 Å². The summed E-state index contributed by atoms with van der Waals surface area (Å²) >= 11 is 0. The summed E-state index contributed by atoms with van der Waals surface area (Å²) < 4.78 is 35.2. The monoisotopic (exact) mass is 337 g/mol. The van der Waals surface area contributed by atoms with Crippen molar-refractivity contribution in [3.8, 4) is 16.8 Å². The van der Waals surface area contributed by atoms with E-state index in [1.54, 1.807) is 6.92 Å². The Balaban J connectivity index is 1.86. The van der Waals surface area contributed by atoms with Crippen molar-refractivity contribution >= 4 is 21.8 Å². The van der Waals surface area contributed by atoms with Crippen LogP contribution in [-0.4, -0.2) is 4.57 Å². The smallest absolute Gasteiger partial charge is 0.0632 e. The number of hydrogen-bond acceptors (Lipinski definition) is 0. The van der Waals surface area contributed by atoms with E-state index >= 15 is 0 Å². The molecule has 0 aliphatic heterocycles. The van der Waals surface area contributed by atoms with E-state index in [1.807, 2.05) is 48.5 Å². The fraction of sp³-hybridized carbons (Fsp3) is 0.0400. The second kappa shape index (κ2) is 5.89. The van der Waals surface area contributed by atoms with Crippen molar-refractivity contribution in [2.75, 3.05) is 0 Å². The number of rotatable bonds is 2. The van der Waals surface area contributed by atoms with E-state index in [4.69, 9.17) is 5.48 Å². The summed E-state index contributed by atoms with van der Waals surface area (Å²) in [6.07, 6.45) is 0. The lowest BCUT2D eigenvalue weighted by molar-refractivity contribution is 1.18. The standard InChI is InChI=1S/C25H19N/c1-18-8-7-9-19(16-18)20-14-15-25-23(17-20)22-12-5-6-13-24(22)26(25)21-10-3-2-4-11-21/h2-17H,1H3/i7D,8D,9D,16D.